The first-order valence-electron chi connectivity index (χ1n) is 6.24. The second-order valence-corrected chi connectivity index (χ2v) is 5.38. The predicted octanol–water partition coefficient (Wildman–Crippen LogP) is 0.496. The highest BCUT2D eigenvalue weighted by atomic mass is 16.5. The summed E-state index contributed by atoms with van der Waals surface area (Å²) in [5.74, 6) is -3.16. The quantitative estimate of drug-likeness (QED) is 0.639. The molecule has 6 nitrogen and oxygen atoms in total. The molecule has 2 aliphatic rings. The lowest BCUT2D eigenvalue weighted by atomic mass is 9.58. The van der Waals surface area contributed by atoms with Gasteiger partial charge >= 0.3 is 0 Å². The number of hydrogen-bond donors (Lipinski definition) is 1. The first kappa shape index (κ1) is 13.5. The number of imide groups is 1. The molecule has 0 unspecified atom stereocenters. The van der Waals surface area contributed by atoms with Gasteiger partial charge in [-0.2, -0.15) is 10.5 Å². The zero-order valence-electron chi connectivity index (χ0n) is 10.8. The summed E-state index contributed by atoms with van der Waals surface area (Å²) in [5, 5.41) is 20.7. The number of amides is 2. The van der Waals surface area contributed by atoms with Gasteiger partial charge in [-0.3, -0.25) is 14.9 Å². The Morgan fingerprint density at radius 3 is 1.89 bits per heavy atom. The van der Waals surface area contributed by atoms with Crippen molar-refractivity contribution in [2.24, 2.45) is 17.3 Å². The molecular formula is C13H15N3O3. The average molecular weight is 261 g/mol. The standard InChI is InChI=1S/C13H15N3O3/c1-7-3-13(4-8(2)19-7)9(5-14)11(17)16-12(18)10(13)6-15/h7-10H,3-4H2,1-2H3,(H,16,17,18)/t7-,8-,9-,10+/m1/s1. The Hall–Kier alpha value is -1.92. The Balaban J connectivity index is 2.51. The molecule has 0 saturated carbocycles. The summed E-state index contributed by atoms with van der Waals surface area (Å²) >= 11 is 0. The normalized spacial score (nSPS) is 42.3. The molecule has 2 aliphatic heterocycles. The van der Waals surface area contributed by atoms with Crippen molar-refractivity contribution in [2.45, 2.75) is 38.9 Å². The number of rotatable bonds is 0. The molecule has 6 heteroatoms. The fraction of sp³-hybridized carbons (Fsp3) is 0.692. The van der Waals surface area contributed by atoms with Crippen molar-refractivity contribution in [3.05, 3.63) is 0 Å². The molecule has 2 rings (SSSR count). The van der Waals surface area contributed by atoms with Crippen LogP contribution in [0, 0.1) is 39.9 Å². The van der Waals surface area contributed by atoms with Crippen molar-refractivity contribution >= 4 is 11.8 Å². The van der Waals surface area contributed by atoms with Crippen LogP contribution >= 0.6 is 0 Å². The minimum atomic E-state index is -0.983. The third kappa shape index (κ3) is 1.98. The van der Waals surface area contributed by atoms with E-state index in [1.165, 1.54) is 0 Å². The van der Waals surface area contributed by atoms with E-state index in [1.54, 1.807) is 0 Å². The average Bonchev–Trinajstić information content (AvgIpc) is 2.27. The lowest BCUT2D eigenvalue weighted by Crippen LogP contribution is -2.60. The number of nitrogens with zero attached hydrogens (tertiary/aromatic N) is 2. The monoisotopic (exact) mass is 261 g/mol. The molecule has 19 heavy (non-hydrogen) atoms. The van der Waals surface area contributed by atoms with Gasteiger partial charge in [0.05, 0.1) is 24.3 Å². The summed E-state index contributed by atoms with van der Waals surface area (Å²) in [6.45, 7) is 3.66. The van der Waals surface area contributed by atoms with E-state index in [9.17, 15) is 20.1 Å². The van der Waals surface area contributed by atoms with Crippen LogP contribution in [-0.4, -0.2) is 24.0 Å². The van der Waals surface area contributed by atoms with Gasteiger partial charge in [-0.25, -0.2) is 0 Å². The number of nitrogens with one attached hydrogen (secondary N) is 1. The van der Waals surface area contributed by atoms with Gasteiger partial charge in [0.2, 0.25) is 11.8 Å². The molecule has 100 valence electrons. The molecule has 0 bridgehead atoms. The van der Waals surface area contributed by atoms with E-state index in [2.05, 4.69) is 5.32 Å². The van der Waals surface area contributed by atoms with Crippen LogP contribution < -0.4 is 5.32 Å². The van der Waals surface area contributed by atoms with Gasteiger partial charge in [0.15, 0.2) is 0 Å². The van der Waals surface area contributed by atoms with Crippen molar-refractivity contribution in [1.29, 1.82) is 10.5 Å². The van der Waals surface area contributed by atoms with E-state index in [1.807, 2.05) is 26.0 Å². The zero-order chi connectivity index (χ0) is 14.2. The van der Waals surface area contributed by atoms with Crippen molar-refractivity contribution in [3.63, 3.8) is 0 Å². The Kier molecular flexibility index (Phi) is 3.30. The lowest BCUT2D eigenvalue weighted by Gasteiger charge is -2.48. The summed E-state index contributed by atoms with van der Waals surface area (Å²) < 4.78 is 5.61. The van der Waals surface area contributed by atoms with E-state index >= 15 is 0 Å². The number of nitriles is 2. The van der Waals surface area contributed by atoms with Crippen molar-refractivity contribution in [1.82, 2.24) is 5.32 Å². The molecule has 0 aliphatic carbocycles. The van der Waals surface area contributed by atoms with Crippen LogP contribution in [-0.2, 0) is 14.3 Å². The highest BCUT2D eigenvalue weighted by Crippen LogP contribution is 2.50. The number of piperidine rings is 1. The van der Waals surface area contributed by atoms with E-state index in [4.69, 9.17) is 4.74 Å². The van der Waals surface area contributed by atoms with Gasteiger partial charge in [0.25, 0.3) is 0 Å². The van der Waals surface area contributed by atoms with Crippen LogP contribution in [0.15, 0.2) is 0 Å². The fourth-order valence-corrected chi connectivity index (χ4v) is 3.45. The largest absolute Gasteiger partial charge is 0.376 e. The molecule has 2 heterocycles. The molecule has 2 amide bonds. The second-order valence-electron chi connectivity index (χ2n) is 5.38. The third-order valence-electron chi connectivity index (χ3n) is 3.98. The summed E-state index contributed by atoms with van der Waals surface area (Å²) in [7, 11) is 0. The Bertz CT molecular complexity index is 458. The van der Waals surface area contributed by atoms with E-state index in [-0.39, 0.29) is 12.2 Å². The van der Waals surface area contributed by atoms with Gasteiger partial charge in [-0.1, -0.05) is 0 Å². The highest BCUT2D eigenvalue weighted by Gasteiger charge is 2.58. The molecule has 4 atom stereocenters. The van der Waals surface area contributed by atoms with Crippen molar-refractivity contribution in [3.8, 4) is 12.1 Å². The third-order valence-corrected chi connectivity index (χ3v) is 3.98. The molecule has 0 aromatic heterocycles. The van der Waals surface area contributed by atoms with Crippen LogP contribution in [0.25, 0.3) is 0 Å². The van der Waals surface area contributed by atoms with Crippen molar-refractivity contribution < 1.29 is 14.3 Å². The topological polar surface area (TPSA) is 103 Å². The maximum atomic E-state index is 11.9. The lowest BCUT2D eigenvalue weighted by molar-refractivity contribution is -0.160. The molecular weight excluding hydrogens is 246 g/mol. The van der Waals surface area contributed by atoms with Crippen LogP contribution in [0.3, 0.4) is 0 Å². The number of ether oxygens (including phenoxy) is 1. The molecule has 0 aromatic carbocycles. The van der Waals surface area contributed by atoms with E-state index < -0.39 is 29.1 Å². The summed E-state index contributed by atoms with van der Waals surface area (Å²) in [6, 6.07) is 3.94. The molecule has 0 aromatic rings. The van der Waals surface area contributed by atoms with Gasteiger partial charge in [0, 0.05) is 5.41 Å². The van der Waals surface area contributed by atoms with Gasteiger partial charge in [-0.05, 0) is 26.7 Å². The van der Waals surface area contributed by atoms with Crippen LogP contribution in [0.4, 0.5) is 0 Å². The SMILES string of the molecule is C[C@@H]1CC2(C[C@@H](C)O1)[C@H](C#N)C(=O)NC(=O)[C@@H]2C#N. The second kappa shape index (κ2) is 4.64. The Labute approximate surface area is 111 Å². The molecule has 0 radical (unpaired) electrons. The van der Waals surface area contributed by atoms with Crippen molar-refractivity contribution in [2.75, 3.05) is 0 Å². The molecule has 1 N–H and O–H groups in total. The smallest absolute Gasteiger partial charge is 0.244 e. The first-order valence-corrected chi connectivity index (χ1v) is 6.24. The van der Waals surface area contributed by atoms with Crippen LogP contribution in [0.2, 0.25) is 0 Å². The number of hydrogen-bond acceptors (Lipinski definition) is 5. The number of carbonyl (C=O) groups excluding carboxylic acids is 2. The summed E-state index contributed by atoms with van der Waals surface area (Å²) in [4.78, 5) is 23.8. The maximum Gasteiger partial charge on any atom is 0.244 e. The van der Waals surface area contributed by atoms with E-state index in [0.717, 1.165) is 0 Å². The fourth-order valence-electron chi connectivity index (χ4n) is 3.45. The van der Waals surface area contributed by atoms with Gasteiger partial charge in [-0.15, -0.1) is 0 Å². The summed E-state index contributed by atoms with van der Waals surface area (Å²) in [6.07, 6.45) is 0.364. The molecule has 1 spiro atoms. The Morgan fingerprint density at radius 2 is 1.53 bits per heavy atom. The predicted molar refractivity (Wildman–Crippen MR) is 63.0 cm³/mol. The van der Waals surface area contributed by atoms with Crippen LogP contribution in [0.1, 0.15) is 26.7 Å². The number of carbonyl (C=O) groups is 2. The van der Waals surface area contributed by atoms with Crippen LogP contribution in [0.5, 0.6) is 0 Å². The maximum absolute atomic E-state index is 11.9. The minimum Gasteiger partial charge on any atom is -0.376 e. The van der Waals surface area contributed by atoms with E-state index in [0.29, 0.717) is 12.8 Å². The minimum absolute atomic E-state index is 0.186. The highest BCUT2D eigenvalue weighted by molar-refractivity contribution is 6.03. The molecule has 2 fully saturated rings. The van der Waals surface area contributed by atoms with Gasteiger partial charge in [0.1, 0.15) is 11.8 Å². The van der Waals surface area contributed by atoms with Gasteiger partial charge < -0.3 is 4.74 Å². The molecule has 2 saturated heterocycles. The zero-order valence-corrected chi connectivity index (χ0v) is 10.8. The first-order chi connectivity index (χ1) is 8.94. The summed E-state index contributed by atoms with van der Waals surface area (Å²) in [5.41, 5.74) is -0.931. The Morgan fingerprint density at radius 1 is 1.11 bits per heavy atom.